The lowest BCUT2D eigenvalue weighted by atomic mass is 10.0. The van der Waals surface area contributed by atoms with Crippen molar-refractivity contribution in [3.8, 4) is 0 Å². The van der Waals surface area contributed by atoms with E-state index >= 15 is 0 Å². The largest absolute Gasteiger partial charge is 0.0891 e. The van der Waals surface area contributed by atoms with Crippen LogP contribution in [0.5, 0.6) is 0 Å². The zero-order valence-corrected chi connectivity index (χ0v) is 7.12. The first-order valence-corrected chi connectivity index (χ1v) is 4.25. The first-order valence-electron chi connectivity index (χ1n) is 3.87. The molecule has 0 aromatic carbocycles. The third-order valence-corrected chi connectivity index (χ3v) is 2.07. The van der Waals surface area contributed by atoms with Crippen LogP contribution in [0.1, 0.15) is 32.6 Å². The second kappa shape index (κ2) is 3.82. The topological polar surface area (TPSA) is 0 Å². The SMILES string of the molecule is CCCC1=CC=C(Cl)CC1. The van der Waals surface area contributed by atoms with E-state index in [1.165, 1.54) is 19.3 Å². The highest BCUT2D eigenvalue weighted by Crippen LogP contribution is 2.23. The second-order valence-electron chi connectivity index (χ2n) is 2.69. The Hall–Kier alpha value is -0.230. The first-order chi connectivity index (χ1) is 4.83. The Kier molecular flexibility index (Phi) is 3.01. The second-order valence-corrected chi connectivity index (χ2v) is 3.17. The molecule has 1 heteroatoms. The van der Waals surface area contributed by atoms with Crippen molar-refractivity contribution in [2.75, 3.05) is 0 Å². The Bertz CT molecular complexity index is 162. The minimum atomic E-state index is 1.000. The van der Waals surface area contributed by atoms with E-state index < -0.39 is 0 Å². The summed E-state index contributed by atoms with van der Waals surface area (Å²) in [5.74, 6) is 0. The number of hydrogen-bond acceptors (Lipinski definition) is 0. The van der Waals surface area contributed by atoms with Gasteiger partial charge in [0.05, 0.1) is 0 Å². The highest BCUT2D eigenvalue weighted by Gasteiger charge is 2.02. The van der Waals surface area contributed by atoms with Crippen LogP contribution in [0, 0.1) is 0 Å². The van der Waals surface area contributed by atoms with E-state index in [1.54, 1.807) is 5.57 Å². The highest BCUT2D eigenvalue weighted by molar-refractivity contribution is 6.29. The Labute approximate surface area is 67.6 Å². The third-order valence-electron chi connectivity index (χ3n) is 1.76. The van der Waals surface area contributed by atoms with Gasteiger partial charge >= 0.3 is 0 Å². The molecule has 0 aliphatic heterocycles. The van der Waals surface area contributed by atoms with Crippen molar-refractivity contribution >= 4 is 11.6 Å². The molecule has 0 saturated heterocycles. The molecule has 10 heavy (non-hydrogen) atoms. The van der Waals surface area contributed by atoms with E-state index in [0.717, 1.165) is 11.5 Å². The summed E-state index contributed by atoms with van der Waals surface area (Å²) >= 11 is 5.80. The molecular formula is C9H13Cl. The third kappa shape index (κ3) is 2.18. The Balaban J connectivity index is 2.47. The van der Waals surface area contributed by atoms with Gasteiger partial charge in [0.2, 0.25) is 0 Å². The van der Waals surface area contributed by atoms with Crippen LogP contribution < -0.4 is 0 Å². The van der Waals surface area contributed by atoms with E-state index in [1.807, 2.05) is 6.08 Å². The summed E-state index contributed by atoms with van der Waals surface area (Å²) in [6.07, 6.45) is 8.89. The van der Waals surface area contributed by atoms with Gasteiger partial charge in [-0.2, -0.15) is 0 Å². The Morgan fingerprint density at radius 2 is 2.20 bits per heavy atom. The lowest BCUT2D eigenvalue weighted by Gasteiger charge is -2.08. The number of hydrogen-bond donors (Lipinski definition) is 0. The quantitative estimate of drug-likeness (QED) is 0.573. The summed E-state index contributed by atoms with van der Waals surface area (Å²) in [4.78, 5) is 0. The van der Waals surface area contributed by atoms with Gasteiger partial charge in [0.1, 0.15) is 0 Å². The minimum absolute atomic E-state index is 1.000. The van der Waals surface area contributed by atoms with Gasteiger partial charge in [-0.05, 0) is 25.3 Å². The summed E-state index contributed by atoms with van der Waals surface area (Å²) in [5.41, 5.74) is 1.55. The molecule has 0 amide bonds. The molecule has 0 radical (unpaired) electrons. The van der Waals surface area contributed by atoms with Gasteiger partial charge in [-0.1, -0.05) is 36.6 Å². The molecule has 0 aromatic heterocycles. The van der Waals surface area contributed by atoms with E-state index in [4.69, 9.17) is 11.6 Å². The van der Waals surface area contributed by atoms with Crippen molar-refractivity contribution in [1.82, 2.24) is 0 Å². The molecule has 0 saturated carbocycles. The van der Waals surface area contributed by atoms with E-state index in [9.17, 15) is 0 Å². The molecule has 0 aromatic rings. The predicted molar refractivity (Wildman–Crippen MR) is 46.2 cm³/mol. The minimum Gasteiger partial charge on any atom is -0.0891 e. The smallest absolute Gasteiger partial charge is 0.0184 e. The first kappa shape index (κ1) is 7.87. The Morgan fingerprint density at radius 1 is 1.40 bits per heavy atom. The van der Waals surface area contributed by atoms with Gasteiger partial charge in [-0.3, -0.25) is 0 Å². The molecule has 0 fully saturated rings. The standard InChI is InChI=1S/C9H13Cl/c1-2-3-8-4-6-9(10)7-5-8/h4,6H,2-3,5,7H2,1H3. The number of rotatable bonds is 2. The zero-order valence-electron chi connectivity index (χ0n) is 6.36. The maximum absolute atomic E-state index is 5.80. The predicted octanol–water partition coefficient (Wildman–Crippen LogP) is 3.63. The van der Waals surface area contributed by atoms with Gasteiger partial charge in [0.25, 0.3) is 0 Å². The fraction of sp³-hybridized carbons (Fsp3) is 0.556. The summed E-state index contributed by atoms with van der Waals surface area (Å²) in [7, 11) is 0. The van der Waals surface area contributed by atoms with E-state index in [-0.39, 0.29) is 0 Å². The van der Waals surface area contributed by atoms with Crippen molar-refractivity contribution < 1.29 is 0 Å². The van der Waals surface area contributed by atoms with Gasteiger partial charge < -0.3 is 0 Å². The van der Waals surface area contributed by atoms with Gasteiger partial charge in [0.15, 0.2) is 0 Å². The van der Waals surface area contributed by atoms with Gasteiger partial charge in [-0.15, -0.1) is 0 Å². The van der Waals surface area contributed by atoms with Crippen molar-refractivity contribution in [3.63, 3.8) is 0 Å². The molecule has 0 heterocycles. The molecule has 0 unspecified atom stereocenters. The zero-order chi connectivity index (χ0) is 7.40. The van der Waals surface area contributed by atoms with Crippen LogP contribution in [0.25, 0.3) is 0 Å². The highest BCUT2D eigenvalue weighted by atomic mass is 35.5. The fourth-order valence-electron chi connectivity index (χ4n) is 1.18. The average Bonchev–Trinajstić information content (AvgIpc) is 1.95. The van der Waals surface area contributed by atoms with Crippen molar-refractivity contribution in [1.29, 1.82) is 0 Å². The van der Waals surface area contributed by atoms with E-state index in [0.29, 0.717) is 0 Å². The summed E-state index contributed by atoms with van der Waals surface area (Å²) in [5, 5.41) is 1.000. The molecule has 0 nitrogen and oxygen atoms in total. The van der Waals surface area contributed by atoms with Crippen LogP contribution in [0.15, 0.2) is 22.8 Å². The van der Waals surface area contributed by atoms with E-state index in [2.05, 4.69) is 13.0 Å². The summed E-state index contributed by atoms with van der Waals surface area (Å²) in [6, 6.07) is 0. The van der Waals surface area contributed by atoms with Gasteiger partial charge in [-0.25, -0.2) is 0 Å². The molecule has 1 rings (SSSR count). The molecule has 0 N–H and O–H groups in total. The molecule has 0 atom stereocenters. The maximum Gasteiger partial charge on any atom is 0.0184 e. The monoisotopic (exact) mass is 156 g/mol. The molecule has 0 spiro atoms. The van der Waals surface area contributed by atoms with Crippen LogP contribution in [0.3, 0.4) is 0 Å². The van der Waals surface area contributed by atoms with Crippen LogP contribution in [0.2, 0.25) is 0 Å². The fourth-order valence-corrected chi connectivity index (χ4v) is 1.34. The number of halogens is 1. The van der Waals surface area contributed by atoms with Crippen LogP contribution >= 0.6 is 11.6 Å². The number of allylic oxidation sites excluding steroid dienone is 4. The van der Waals surface area contributed by atoms with Crippen LogP contribution in [-0.4, -0.2) is 0 Å². The average molecular weight is 157 g/mol. The van der Waals surface area contributed by atoms with Crippen LogP contribution in [0.4, 0.5) is 0 Å². The maximum atomic E-state index is 5.80. The lowest BCUT2D eigenvalue weighted by molar-refractivity contribution is 0.816. The summed E-state index contributed by atoms with van der Waals surface area (Å²) in [6.45, 7) is 2.21. The van der Waals surface area contributed by atoms with Crippen LogP contribution in [-0.2, 0) is 0 Å². The molecule has 0 bridgehead atoms. The lowest BCUT2D eigenvalue weighted by Crippen LogP contribution is -1.88. The Morgan fingerprint density at radius 3 is 2.70 bits per heavy atom. The van der Waals surface area contributed by atoms with Gasteiger partial charge in [0, 0.05) is 5.03 Å². The van der Waals surface area contributed by atoms with Crippen molar-refractivity contribution in [3.05, 3.63) is 22.8 Å². The normalized spacial score (nSPS) is 18.2. The molecular weight excluding hydrogens is 144 g/mol. The van der Waals surface area contributed by atoms with Crippen molar-refractivity contribution in [2.24, 2.45) is 0 Å². The molecule has 1 aliphatic rings. The van der Waals surface area contributed by atoms with Crippen molar-refractivity contribution in [2.45, 2.75) is 32.6 Å². The molecule has 1 aliphatic carbocycles. The summed E-state index contributed by atoms with van der Waals surface area (Å²) < 4.78 is 0. The molecule has 56 valence electrons.